The standard InChI is InChI=1S/C31H34Cl2F3NO7S/c1-27(2,3)43-25(40)37(26(41)44-28(4,5)6)22-10-7-16-11-17(8-9-21(16)22)29(42)15-30(31(34,35)36,45-23(29)24(38)39)18-12-19(32)14-20(33)13-18/h8-9,11-14,22-23,42H,7,10,15H2,1-6H3,(H,38,39). The Hall–Kier alpha value is -2.67. The van der Waals surface area contributed by atoms with E-state index in [4.69, 9.17) is 32.7 Å². The fraction of sp³-hybridized carbons (Fsp3) is 0.516. The molecule has 0 aromatic heterocycles. The third-order valence-electron chi connectivity index (χ3n) is 7.46. The highest BCUT2D eigenvalue weighted by atomic mass is 35.5. The molecular formula is C31H34Cl2F3NO7S. The quantitative estimate of drug-likeness (QED) is 0.329. The van der Waals surface area contributed by atoms with Crippen LogP contribution in [0.15, 0.2) is 36.4 Å². The summed E-state index contributed by atoms with van der Waals surface area (Å²) in [5.74, 6) is -1.64. The van der Waals surface area contributed by atoms with Crippen molar-refractivity contribution in [3.63, 3.8) is 0 Å². The van der Waals surface area contributed by atoms with Gasteiger partial charge >= 0.3 is 24.3 Å². The van der Waals surface area contributed by atoms with Crippen molar-refractivity contribution in [3.8, 4) is 0 Å². The second-order valence-electron chi connectivity index (χ2n) is 13.2. The summed E-state index contributed by atoms with van der Waals surface area (Å²) in [5, 5.41) is 19.9. The van der Waals surface area contributed by atoms with E-state index in [0.29, 0.717) is 11.1 Å². The zero-order chi connectivity index (χ0) is 33.9. The van der Waals surface area contributed by atoms with E-state index in [-0.39, 0.29) is 45.8 Å². The molecule has 2 aliphatic rings. The number of hydrogen-bond acceptors (Lipinski definition) is 7. The smallest absolute Gasteiger partial charge is 0.420 e. The number of benzene rings is 2. The van der Waals surface area contributed by atoms with Crippen molar-refractivity contribution in [1.82, 2.24) is 4.90 Å². The molecule has 0 spiro atoms. The first-order valence-electron chi connectivity index (χ1n) is 14.0. The molecule has 4 rings (SSSR count). The molecule has 4 unspecified atom stereocenters. The van der Waals surface area contributed by atoms with Crippen molar-refractivity contribution in [3.05, 3.63) is 68.7 Å². The van der Waals surface area contributed by atoms with E-state index < -0.39 is 63.6 Å². The number of imide groups is 1. The van der Waals surface area contributed by atoms with E-state index in [1.54, 1.807) is 41.5 Å². The van der Waals surface area contributed by atoms with Crippen LogP contribution < -0.4 is 0 Å². The number of alkyl halides is 3. The maximum absolute atomic E-state index is 14.9. The zero-order valence-electron chi connectivity index (χ0n) is 25.4. The number of amides is 2. The number of carbonyl (C=O) groups excluding carboxylic acids is 2. The summed E-state index contributed by atoms with van der Waals surface area (Å²) >= 11 is 12.2. The summed E-state index contributed by atoms with van der Waals surface area (Å²) in [6.07, 6.45) is -7.42. The third-order valence-corrected chi connectivity index (χ3v) is 9.74. The van der Waals surface area contributed by atoms with Gasteiger partial charge in [0.05, 0.1) is 6.04 Å². The normalized spacial score (nSPS) is 25.1. The van der Waals surface area contributed by atoms with Crippen molar-refractivity contribution in [2.24, 2.45) is 0 Å². The minimum absolute atomic E-state index is 0.0536. The Morgan fingerprint density at radius 3 is 1.91 bits per heavy atom. The Labute approximate surface area is 273 Å². The molecule has 2 aromatic rings. The van der Waals surface area contributed by atoms with E-state index in [0.717, 1.165) is 17.0 Å². The van der Waals surface area contributed by atoms with Gasteiger partial charge in [-0.3, -0.25) is 4.79 Å². The van der Waals surface area contributed by atoms with Crippen LogP contribution in [0.3, 0.4) is 0 Å². The van der Waals surface area contributed by atoms with Gasteiger partial charge in [0.1, 0.15) is 26.8 Å². The van der Waals surface area contributed by atoms with Crippen molar-refractivity contribution in [2.75, 3.05) is 0 Å². The molecule has 2 aromatic carbocycles. The van der Waals surface area contributed by atoms with Gasteiger partial charge in [-0.05, 0) is 94.8 Å². The van der Waals surface area contributed by atoms with Gasteiger partial charge < -0.3 is 19.7 Å². The van der Waals surface area contributed by atoms with Gasteiger partial charge in [-0.1, -0.05) is 41.4 Å². The topological polar surface area (TPSA) is 113 Å². The average molecular weight is 693 g/mol. The minimum Gasteiger partial charge on any atom is -0.480 e. The molecule has 45 heavy (non-hydrogen) atoms. The second-order valence-corrected chi connectivity index (χ2v) is 15.5. The van der Waals surface area contributed by atoms with Crippen molar-refractivity contribution in [1.29, 1.82) is 0 Å². The number of aliphatic hydroxyl groups is 1. The molecule has 1 fully saturated rings. The maximum atomic E-state index is 14.9. The number of fused-ring (bicyclic) bond motifs is 1. The third kappa shape index (κ3) is 7.03. The Bertz CT molecular complexity index is 1480. The number of thioether (sulfide) groups is 1. The van der Waals surface area contributed by atoms with Gasteiger partial charge in [0.25, 0.3) is 0 Å². The highest BCUT2D eigenvalue weighted by Gasteiger charge is 2.69. The number of halogens is 5. The highest BCUT2D eigenvalue weighted by Crippen LogP contribution is 2.65. The molecule has 14 heteroatoms. The summed E-state index contributed by atoms with van der Waals surface area (Å²) in [5.41, 5.74) is -3.78. The molecule has 4 atom stereocenters. The van der Waals surface area contributed by atoms with Crippen molar-refractivity contribution >= 4 is 53.1 Å². The Morgan fingerprint density at radius 1 is 0.911 bits per heavy atom. The lowest BCUT2D eigenvalue weighted by molar-refractivity contribution is -0.173. The predicted octanol–water partition coefficient (Wildman–Crippen LogP) is 8.39. The van der Waals surface area contributed by atoms with E-state index in [1.165, 1.54) is 24.3 Å². The maximum Gasteiger partial charge on any atom is 0.420 e. The number of aliphatic carboxylic acids is 1. The highest BCUT2D eigenvalue weighted by molar-refractivity contribution is 8.02. The van der Waals surface area contributed by atoms with Gasteiger partial charge in [-0.2, -0.15) is 13.2 Å². The van der Waals surface area contributed by atoms with Gasteiger partial charge in [0.2, 0.25) is 0 Å². The molecule has 2 N–H and O–H groups in total. The average Bonchev–Trinajstić information content (AvgIpc) is 3.41. The van der Waals surface area contributed by atoms with Crippen LogP contribution in [-0.2, 0) is 31.0 Å². The van der Waals surface area contributed by atoms with Crippen LogP contribution in [0, 0.1) is 0 Å². The van der Waals surface area contributed by atoms with Crippen LogP contribution in [0.1, 0.15) is 82.7 Å². The molecule has 0 saturated carbocycles. The summed E-state index contributed by atoms with van der Waals surface area (Å²) in [6, 6.07) is 6.78. The lowest BCUT2D eigenvalue weighted by Crippen LogP contribution is -2.45. The van der Waals surface area contributed by atoms with E-state index in [1.807, 2.05) is 0 Å². The monoisotopic (exact) mass is 691 g/mol. The molecule has 0 radical (unpaired) electrons. The first-order chi connectivity index (χ1) is 20.5. The van der Waals surface area contributed by atoms with Crippen LogP contribution in [-0.4, -0.2) is 55.9 Å². The van der Waals surface area contributed by atoms with Gasteiger partial charge in [0.15, 0.2) is 0 Å². The number of carboxylic acids is 1. The molecular weight excluding hydrogens is 658 g/mol. The van der Waals surface area contributed by atoms with Gasteiger partial charge in [-0.15, -0.1) is 11.8 Å². The summed E-state index contributed by atoms with van der Waals surface area (Å²) in [7, 11) is 0. The fourth-order valence-corrected chi connectivity index (χ4v) is 7.83. The summed E-state index contributed by atoms with van der Waals surface area (Å²) < 4.78 is 52.8. The molecule has 1 heterocycles. The van der Waals surface area contributed by atoms with Crippen molar-refractivity contribution < 1.29 is 47.2 Å². The predicted molar refractivity (Wildman–Crippen MR) is 164 cm³/mol. The SMILES string of the molecule is CC(C)(C)OC(=O)N(C(=O)OC(C)(C)C)C1CCc2cc(C3(O)CC(c4cc(Cl)cc(Cl)c4)(C(F)(F)F)SC3C(=O)O)ccc21. The van der Waals surface area contributed by atoms with Gasteiger partial charge in [0, 0.05) is 16.5 Å². The largest absolute Gasteiger partial charge is 0.480 e. The van der Waals surface area contributed by atoms with Crippen molar-refractivity contribution in [2.45, 2.75) is 99.8 Å². The molecule has 1 aliphatic carbocycles. The van der Waals surface area contributed by atoms with Crippen LogP contribution >= 0.6 is 35.0 Å². The number of hydrogen-bond donors (Lipinski definition) is 2. The van der Waals surface area contributed by atoms with E-state index in [2.05, 4.69) is 0 Å². The second kappa shape index (κ2) is 11.8. The number of rotatable bonds is 4. The fourth-order valence-electron chi connectivity index (χ4n) is 5.69. The summed E-state index contributed by atoms with van der Waals surface area (Å²) in [6.45, 7) is 9.86. The number of aryl methyl sites for hydroxylation is 1. The Morgan fingerprint density at radius 2 is 1.44 bits per heavy atom. The number of carboxylic acid groups (broad SMARTS) is 1. The van der Waals surface area contributed by atoms with E-state index >= 15 is 0 Å². The molecule has 1 saturated heterocycles. The first-order valence-corrected chi connectivity index (χ1v) is 15.7. The first kappa shape index (κ1) is 35.2. The van der Waals surface area contributed by atoms with Crippen LogP contribution in [0.5, 0.6) is 0 Å². The lowest BCUT2D eigenvalue weighted by Gasteiger charge is -2.33. The number of carbonyl (C=O) groups is 3. The minimum atomic E-state index is -5.01. The zero-order valence-corrected chi connectivity index (χ0v) is 27.7. The van der Waals surface area contributed by atoms with Crippen LogP contribution in [0.4, 0.5) is 22.8 Å². The van der Waals surface area contributed by atoms with E-state index in [9.17, 15) is 37.8 Å². The number of ether oxygens (including phenoxy) is 2. The lowest BCUT2D eigenvalue weighted by atomic mass is 9.78. The number of nitrogens with zero attached hydrogens (tertiary/aromatic N) is 1. The van der Waals surface area contributed by atoms with Crippen LogP contribution in [0.25, 0.3) is 0 Å². The molecule has 246 valence electrons. The molecule has 2 amide bonds. The molecule has 0 bridgehead atoms. The van der Waals surface area contributed by atoms with Crippen LogP contribution in [0.2, 0.25) is 10.0 Å². The Balaban J connectivity index is 1.78. The Kier molecular flexibility index (Phi) is 9.26. The molecule has 8 nitrogen and oxygen atoms in total. The summed E-state index contributed by atoms with van der Waals surface area (Å²) in [4.78, 5) is 39.8. The van der Waals surface area contributed by atoms with Gasteiger partial charge in [-0.25, -0.2) is 14.5 Å². The molecule has 1 aliphatic heterocycles.